The van der Waals surface area contributed by atoms with Crippen molar-refractivity contribution in [2.75, 3.05) is 25.4 Å². The fourth-order valence-electron chi connectivity index (χ4n) is 4.54. The Hall–Kier alpha value is -2.96. The second-order valence-electron chi connectivity index (χ2n) is 10.5. The molecule has 0 radical (unpaired) electrons. The Bertz CT molecular complexity index is 1450. The molecule has 0 bridgehead atoms. The van der Waals surface area contributed by atoms with Crippen LogP contribution < -0.4 is 0 Å². The molecule has 0 atom stereocenters. The molecule has 0 spiro atoms. The van der Waals surface area contributed by atoms with Crippen LogP contribution in [0, 0.1) is 17.9 Å². The van der Waals surface area contributed by atoms with Crippen molar-refractivity contribution in [1.82, 2.24) is 18.4 Å². The number of aromatic nitrogens is 3. The van der Waals surface area contributed by atoms with Gasteiger partial charge < -0.3 is 14.1 Å². The van der Waals surface area contributed by atoms with E-state index in [9.17, 15) is 13.7 Å². The van der Waals surface area contributed by atoms with Crippen LogP contribution in [0.1, 0.15) is 13.3 Å². The van der Waals surface area contributed by atoms with E-state index in [1.54, 1.807) is 23.8 Å². The summed E-state index contributed by atoms with van der Waals surface area (Å²) in [6, 6.07) is 9.01. The van der Waals surface area contributed by atoms with Crippen molar-refractivity contribution < 1.29 is 13.2 Å². The first-order valence-electron chi connectivity index (χ1n) is 12.0. The summed E-state index contributed by atoms with van der Waals surface area (Å²) in [5.41, 5.74) is 1.80. The molecule has 0 saturated carbocycles. The van der Waals surface area contributed by atoms with Crippen LogP contribution in [0.2, 0.25) is 25.7 Å². The van der Waals surface area contributed by atoms with Gasteiger partial charge in [0.25, 0.3) is 0 Å². The number of fused-ring (bicyclic) bond motifs is 1. The molecule has 0 aromatic carbocycles. The largest absolute Gasteiger partial charge is 0.364 e. The Morgan fingerprint density at radius 2 is 2.06 bits per heavy atom. The van der Waals surface area contributed by atoms with E-state index in [1.807, 2.05) is 29.1 Å². The van der Waals surface area contributed by atoms with E-state index in [4.69, 9.17) is 11.3 Å². The smallest absolute Gasteiger partial charge is 0.231 e. The van der Waals surface area contributed by atoms with Crippen LogP contribution in [0.5, 0.6) is 0 Å². The van der Waals surface area contributed by atoms with Crippen LogP contribution in [0.15, 0.2) is 36.8 Å². The maximum absolute atomic E-state index is 12.3. The fourth-order valence-corrected chi connectivity index (χ4v) is 6.53. The van der Waals surface area contributed by atoms with Crippen molar-refractivity contribution in [1.29, 1.82) is 5.26 Å². The number of nitriles is 1. The summed E-state index contributed by atoms with van der Waals surface area (Å²) in [7, 11) is -4.52. The predicted molar refractivity (Wildman–Crippen MR) is 143 cm³/mol. The Kier molecular flexibility index (Phi) is 7.13. The zero-order valence-corrected chi connectivity index (χ0v) is 23.0. The van der Waals surface area contributed by atoms with Crippen LogP contribution >= 0.6 is 0 Å². The molecule has 11 heteroatoms. The summed E-state index contributed by atoms with van der Waals surface area (Å²) >= 11 is 0. The highest BCUT2D eigenvalue weighted by molar-refractivity contribution is 7.89. The monoisotopic (exact) mass is 524 g/mol. The molecule has 1 aliphatic rings. The summed E-state index contributed by atoms with van der Waals surface area (Å²) in [4.78, 5) is 8.27. The minimum Gasteiger partial charge on any atom is -0.364 e. The number of pyridine rings is 1. The van der Waals surface area contributed by atoms with Crippen LogP contribution in [-0.4, -0.2) is 60.4 Å². The first-order chi connectivity index (χ1) is 17.0. The highest BCUT2D eigenvalue weighted by atomic mass is 32.2. The molecular formula is C25H32N6O3SSi. The number of nitrogens with zero attached hydrogens (tertiary/aromatic N) is 6. The number of hydrogen-bond acceptors (Lipinski definition) is 5. The molecule has 3 aromatic heterocycles. The fraction of sp³-hybridized carbons (Fsp3) is 0.480. The van der Waals surface area contributed by atoms with Crippen LogP contribution in [0.25, 0.3) is 27.0 Å². The quantitative estimate of drug-likeness (QED) is 0.219. The summed E-state index contributed by atoms with van der Waals surface area (Å²) in [6.45, 7) is 17.8. The molecule has 4 rings (SSSR count). The zero-order valence-electron chi connectivity index (χ0n) is 21.2. The van der Waals surface area contributed by atoms with Crippen molar-refractivity contribution in [3.8, 4) is 17.2 Å². The minimum absolute atomic E-state index is 0.0100. The highest BCUT2D eigenvalue weighted by Crippen LogP contribution is 2.41. The van der Waals surface area contributed by atoms with E-state index in [1.165, 1.54) is 4.31 Å². The molecular weight excluding hydrogens is 492 g/mol. The molecule has 0 unspecified atom stereocenters. The van der Waals surface area contributed by atoms with Crippen molar-refractivity contribution in [3.05, 3.63) is 48.2 Å². The predicted octanol–water partition coefficient (Wildman–Crippen LogP) is 4.64. The second kappa shape index (κ2) is 9.83. The molecule has 190 valence electrons. The summed E-state index contributed by atoms with van der Waals surface area (Å²) in [6.07, 6.45) is 5.70. The van der Waals surface area contributed by atoms with Gasteiger partial charge in [0.1, 0.15) is 17.9 Å². The maximum atomic E-state index is 12.3. The number of hydrogen-bond donors (Lipinski definition) is 0. The molecule has 1 fully saturated rings. The lowest BCUT2D eigenvalue weighted by molar-refractivity contribution is 0.0875. The lowest BCUT2D eigenvalue weighted by atomic mass is 9.88. The van der Waals surface area contributed by atoms with Gasteiger partial charge >= 0.3 is 0 Å². The standard InChI is InChI=1S/C25H32N6O3SSi/c1-6-35(32,33)30-17-25(18-30,9-10-26)31-16-20(15-23(31)27-2)21-7-11-28-24-22(21)8-12-29(24)19-34-13-14-36(3,4)5/h7-8,11-12,15-16H,6,9,13-14,17-19H2,1,3-5H3. The summed E-state index contributed by atoms with van der Waals surface area (Å²) < 4.78 is 35.8. The Morgan fingerprint density at radius 1 is 1.31 bits per heavy atom. The van der Waals surface area contributed by atoms with Gasteiger partial charge in [-0.2, -0.15) is 9.57 Å². The van der Waals surface area contributed by atoms with E-state index in [0.29, 0.717) is 12.5 Å². The van der Waals surface area contributed by atoms with E-state index < -0.39 is 23.6 Å². The highest BCUT2D eigenvalue weighted by Gasteiger charge is 2.52. The number of rotatable bonds is 10. The van der Waals surface area contributed by atoms with Gasteiger partial charge in [-0.05, 0) is 36.7 Å². The minimum atomic E-state index is -3.36. The molecule has 1 saturated heterocycles. The zero-order chi connectivity index (χ0) is 26.1. The summed E-state index contributed by atoms with van der Waals surface area (Å²) in [5, 5.41) is 10.5. The molecule has 0 amide bonds. The SMILES string of the molecule is [C-]#[N+]c1cc(-c2ccnc3c2ccn3COCC[Si](C)(C)C)cn1C1(CC#N)CN(S(=O)(=O)CC)C1. The number of ether oxygens (including phenoxy) is 1. The van der Waals surface area contributed by atoms with Crippen molar-refractivity contribution >= 4 is 34.9 Å². The maximum Gasteiger partial charge on any atom is 0.231 e. The van der Waals surface area contributed by atoms with E-state index >= 15 is 0 Å². The van der Waals surface area contributed by atoms with Crippen LogP contribution in [0.3, 0.4) is 0 Å². The molecule has 36 heavy (non-hydrogen) atoms. The third-order valence-electron chi connectivity index (χ3n) is 6.73. The van der Waals surface area contributed by atoms with Gasteiger partial charge in [0, 0.05) is 38.0 Å². The van der Waals surface area contributed by atoms with Gasteiger partial charge in [0.05, 0.1) is 37.5 Å². The molecule has 0 N–H and O–H groups in total. The van der Waals surface area contributed by atoms with Gasteiger partial charge in [-0.15, -0.1) is 0 Å². The molecule has 1 aliphatic heterocycles. The third-order valence-corrected chi connectivity index (χ3v) is 10.2. The summed E-state index contributed by atoms with van der Waals surface area (Å²) in [5.74, 6) is 0.392. The molecule has 3 aromatic rings. The second-order valence-corrected chi connectivity index (χ2v) is 18.4. The van der Waals surface area contributed by atoms with Crippen molar-refractivity contribution in [3.63, 3.8) is 0 Å². The molecule has 9 nitrogen and oxygen atoms in total. The lowest BCUT2D eigenvalue weighted by Crippen LogP contribution is -2.63. The van der Waals surface area contributed by atoms with Crippen LogP contribution in [-0.2, 0) is 27.0 Å². The topological polar surface area (TPSA) is 97.5 Å². The Morgan fingerprint density at radius 3 is 2.69 bits per heavy atom. The average Bonchev–Trinajstić information content (AvgIpc) is 3.42. The van der Waals surface area contributed by atoms with Gasteiger partial charge in [-0.1, -0.05) is 26.2 Å². The van der Waals surface area contributed by atoms with Gasteiger partial charge in [0.2, 0.25) is 15.8 Å². The van der Waals surface area contributed by atoms with Gasteiger partial charge in [-0.25, -0.2) is 13.4 Å². The normalized spacial score (nSPS) is 15.9. The number of sulfonamides is 1. The molecule has 4 heterocycles. The van der Waals surface area contributed by atoms with Gasteiger partial charge in [0.15, 0.2) is 0 Å². The Labute approximate surface area is 213 Å². The Balaban J connectivity index is 1.64. The van der Waals surface area contributed by atoms with Crippen molar-refractivity contribution in [2.24, 2.45) is 0 Å². The average molecular weight is 525 g/mol. The first-order valence-corrected chi connectivity index (χ1v) is 17.3. The van der Waals surface area contributed by atoms with E-state index in [-0.39, 0.29) is 25.3 Å². The third kappa shape index (κ3) is 4.97. The van der Waals surface area contributed by atoms with Crippen molar-refractivity contribution in [2.45, 2.75) is 51.3 Å². The van der Waals surface area contributed by atoms with E-state index in [0.717, 1.165) is 34.8 Å². The van der Waals surface area contributed by atoms with Crippen LogP contribution in [0.4, 0.5) is 5.82 Å². The lowest BCUT2D eigenvalue weighted by Gasteiger charge is -2.46. The first kappa shape index (κ1) is 26.1. The van der Waals surface area contributed by atoms with E-state index in [2.05, 4.69) is 35.5 Å². The molecule has 0 aliphatic carbocycles. The van der Waals surface area contributed by atoms with Gasteiger partial charge in [-0.3, -0.25) is 4.57 Å².